The number of phenols is 1. The first-order valence-electron chi connectivity index (χ1n) is 4.37. The summed E-state index contributed by atoms with van der Waals surface area (Å²) < 4.78 is 0. The number of hydrogen-bond donors (Lipinski definition) is 1. The van der Waals surface area contributed by atoms with Crippen LogP contribution in [0.4, 0.5) is 0 Å². The maximum Gasteiger partial charge on any atom is 0.160 e. The topological polar surface area (TPSA) is 61.1 Å². The van der Waals surface area contributed by atoms with Crippen molar-refractivity contribution >= 4 is 5.78 Å². The van der Waals surface area contributed by atoms with Crippen LogP contribution in [0.2, 0.25) is 0 Å². The highest BCUT2D eigenvalue weighted by atomic mass is 16.3. The molecule has 14 heavy (non-hydrogen) atoms. The van der Waals surface area contributed by atoms with Gasteiger partial charge in [-0.3, -0.25) is 4.79 Å². The molecule has 0 heterocycles. The maximum absolute atomic E-state index is 11.2. The second-order valence-corrected chi connectivity index (χ2v) is 3.04. The van der Waals surface area contributed by atoms with E-state index in [1.807, 2.05) is 13.0 Å². The quantitative estimate of drug-likeness (QED) is 0.724. The first kappa shape index (κ1) is 10.3. The first-order chi connectivity index (χ1) is 6.60. The predicted molar refractivity (Wildman–Crippen MR) is 52.2 cm³/mol. The molecule has 0 aliphatic carbocycles. The van der Waals surface area contributed by atoms with Crippen LogP contribution >= 0.6 is 0 Å². The zero-order valence-corrected chi connectivity index (χ0v) is 8.16. The van der Waals surface area contributed by atoms with Crippen LogP contribution < -0.4 is 0 Å². The lowest BCUT2D eigenvalue weighted by Gasteiger charge is -2.07. The zero-order chi connectivity index (χ0) is 10.7. The number of phenolic OH excluding ortho intramolecular Hbond substituents is 1. The number of rotatable bonds is 2. The molecule has 72 valence electrons. The Morgan fingerprint density at radius 3 is 2.64 bits per heavy atom. The molecule has 0 unspecified atom stereocenters. The third kappa shape index (κ3) is 1.74. The van der Waals surface area contributed by atoms with Gasteiger partial charge in [-0.2, -0.15) is 5.26 Å². The van der Waals surface area contributed by atoms with E-state index >= 15 is 0 Å². The van der Waals surface area contributed by atoms with Gasteiger partial charge >= 0.3 is 0 Å². The summed E-state index contributed by atoms with van der Waals surface area (Å²) in [6, 6.07) is 4.80. The summed E-state index contributed by atoms with van der Waals surface area (Å²) in [4.78, 5) is 11.2. The zero-order valence-electron chi connectivity index (χ0n) is 8.16. The summed E-state index contributed by atoms with van der Waals surface area (Å²) in [7, 11) is 0. The summed E-state index contributed by atoms with van der Waals surface area (Å²) >= 11 is 0. The van der Waals surface area contributed by atoms with E-state index in [2.05, 4.69) is 0 Å². The highest BCUT2D eigenvalue weighted by Crippen LogP contribution is 2.24. The summed E-state index contributed by atoms with van der Waals surface area (Å²) in [6.45, 7) is 3.28. The molecule has 1 rings (SSSR count). The lowest BCUT2D eigenvalue weighted by Crippen LogP contribution is -2.00. The second kappa shape index (κ2) is 3.93. The van der Waals surface area contributed by atoms with Crippen LogP contribution in [0.1, 0.15) is 35.3 Å². The van der Waals surface area contributed by atoms with Crippen LogP contribution in [0.15, 0.2) is 12.1 Å². The monoisotopic (exact) mass is 189 g/mol. The van der Waals surface area contributed by atoms with Gasteiger partial charge in [-0.15, -0.1) is 0 Å². The fraction of sp³-hybridized carbons (Fsp3) is 0.273. The number of aromatic hydroxyl groups is 1. The van der Waals surface area contributed by atoms with Gasteiger partial charge in [0.25, 0.3) is 0 Å². The fourth-order valence-electron chi connectivity index (χ4n) is 1.41. The van der Waals surface area contributed by atoms with Gasteiger partial charge in [-0.1, -0.05) is 6.92 Å². The van der Waals surface area contributed by atoms with E-state index < -0.39 is 0 Å². The molecular weight excluding hydrogens is 178 g/mol. The maximum atomic E-state index is 11.2. The molecule has 0 aliphatic heterocycles. The molecule has 0 saturated heterocycles. The van der Waals surface area contributed by atoms with Crippen molar-refractivity contribution in [3.8, 4) is 11.8 Å². The number of carbonyl (C=O) groups excluding carboxylic acids is 1. The van der Waals surface area contributed by atoms with Crippen molar-refractivity contribution in [2.24, 2.45) is 0 Å². The van der Waals surface area contributed by atoms with Crippen LogP contribution in [0.25, 0.3) is 0 Å². The third-order valence-electron chi connectivity index (χ3n) is 2.09. The number of nitriles is 1. The van der Waals surface area contributed by atoms with Crippen LogP contribution in [0.5, 0.6) is 5.75 Å². The molecule has 0 aliphatic rings. The summed E-state index contributed by atoms with van der Waals surface area (Å²) in [5, 5.41) is 18.2. The van der Waals surface area contributed by atoms with Crippen molar-refractivity contribution in [3.05, 3.63) is 28.8 Å². The molecule has 0 spiro atoms. The van der Waals surface area contributed by atoms with Crippen molar-refractivity contribution in [1.82, 2.24) is 0 Å². The third-order valence-corrected chi connectivity index (χ3v) is 2.09. The largest absolute Gasteiger partial charge is 0.508 e. The molecule has 1 aromatic carbocycles. The van der Waals surface area contributed by atoms with Crippen molar-refractivity contribution in [3.63, 3.8) is 0 Å². The van der Waals surface area contributed by atoms with Gasteiger partial charge in [0.05, 0.1) is 11.6 Å². The first-order valence-corrected chi connectivity index (χ1v) is 4.37. The lowest BCUT2D eigenvalue weighted by atomic mass is 9.98. The van der Waals surface area contributed by atoms with E-state index in [1.54, 1.807) is 0 Å². The number of benzene rings is 1. The molecule has 3 nitrogen and oxygen atoms in total. The number of Topliss-reactive ketones (excluding diaryl/α,β-unsaturated/α-hetero) is 1. The van der Waals surface area contributed by atoms with Crippen molar-refractivity contribution in [1.29, 1.82) is 5.26 Å². The van der Waals surface area contributed by atoms with Gasteiger partial charge in [0, 0.05) is 11.1 Å². The Hall–Kier alpha value is -1.82. The Balaban J connectivity index is 3.45. The molecule has 0 saturated carbocycles. The van der Waals surface area contributed by atoms with Gasteiger partial charge < -0.3 is 5.11 Å². The van der Waals surface area contributed by atoms with Gasteiger partial charge in [-0.05, 0) is 25.5 Å². The number of ketones is 1. The van der Waals surface area contributed by atoms with Gasteiger partial charge in [0.15, 0.2) is 5.78 Å². The van der Waals surface area contributed by atoms with E-state index in [9.17, 15) is 9.90 Å². The minimum atomic E-state index is -0.130. The predicted octanol–water partition coefficient (Wildman–Crippen LogP) is 2.03. The number of nitrogens with zero attached hydrogens (tertiary/aromatic N) is 1. The highest BCUT2D eigenvalue weighted by Gasteiger charge is 2.11. The Morgan fingerprint density at radius 1 is 1.57 bits per heavy atom. The Kier molecular flexibility index (Phi) is 2.88. The normalized spacial score (nSPS) is 9.50. The molecule has 0 amide bonds. The second-order valence-electron chi connectivity index (χ2n) is 3.04. The molecule has 0 atom stereocenters. The van der Waals surface area contributed by atoms with Crippen LogP contribution in [-0.2, 0) is 6.42 Å². The molecule has 1 N–H and O–H groups in total. The minimum Gasteiger partial charge on any atom is -0.508 e. The van der Waals surface area contributed by atoms with E-state index in [-0.39, 0.29) is 11.5 Å². The van der Waals surface area contributed by atoms with Crippen LogP contribution in [-0.4, -0.2) is 10.9 Å². The van der Waals surface area contributed by atoms with Gasteiger partial charge in [0.1, 0.15) is 5.75 Å². The van der Waals surface area contributed by atoms with Crippen LogP contribution in [0.3, 0.4) is 0 Å². The van der Waals surface area contributed by atoms with Crippen LogP contribution in [0, 0.1) is 11.3 Å². The van der Waals surface area contributed by atoms with E-state index in [0.29, 0.717) is 23.1 Å². The minimum absolute atomic E-state index is 0.0248. The molecular formula is C11H11NO2. The summed E-state index contributed by atoms with van der Waals surface area (Å²) in [5.41, 5.74) is 1.35. The van der Waals surface area contributed by atoms with Crippen molar-refractivity contribution in [2.75, 3.05) is 0 Å². The number of hydrogen-bond acceptors (Lipinski definition) is 3. The van der Waals surface area contributed by atoms with E-state index in [1.165, 1.54) is 19.1 Å². The highest BCUT2D eigenvalue weighted by molar-refractivity contribution is 5.96. The average molecular weight is 189 g/mol. The van der Waals surface area contributed by atoms with E-state index in [0.717, 1.165) is 0 Å². The number of carbonyl (C=O) groups is 1. The molecule has 1 aromatic rings. The molecule has 0 bridgehead atoms. The van der Waals surface area contributed by atoms with Crippen molar-refractivity contribution in [2.45, 2.75) is 20.3 Å². The SMILES string of the molecule is CCc1c(O)cc(C#N)cc1C(C)=O. The van der Waals surface area contributed by atoms with E-state index in [4.69, 9.17) is 5.26 Å². The lowest BCUT2D eigenvalue weighted by molar-refractivity contribution is 0.101. The van der Waals surface area contributed by atoms with Gasteiger partial charge in [0.2, 0.25) is 0 Å². The summed E-state index contributed by atoms with van der Waals surface area (Å²) in [5.74, 6) is -0.106. The molecule has 0 radical (unpaired) electrons. The standard InChI is InChI=1S/C11H11NO2/c1-3-9-10(7(2)13)4-8(6-12)5-11(9)14/h4-5,14H,3H2,1-2H3. The Labute approximate surface area is 82.6 Å². The molecule has 0 fully saturated rings. The molecule has 3 heteroatoms. The fourth-order valence-corrected chi connectivity index (χ4v) is 1.41. The summed E-state index contributed by atoms with van der Waals surface area (Å²) in [6.07, 6.45) is 0.576. The Morgan fingerprint density at radius 2 is 2.21 bits per heavy atom. The van der Waals surface area contributed by atoms with Crippen molar-refractivity contribution < 1.29 is 9.90 Å². The van der Waals surface area contributed by atoms with Gasteiger partial charge in [-0.25, -0.2) is 0 Å². The smallest absolute Gasteiger partial charge is 0.160 e. The Bertz CT molecular complexity index is 416. The molecule has 0 aromatic heterocycles. The average Bonchev–Trinajstić information content (AvgIpc) is 2.16.